The molecule has 8 heteroatoms. The molecule has 0 aliphatic heterocycles. The Balaban J connectivity index is 2.77. The molecule has 0 aliphatic carbocycles. The van der Waals surface area contributed by atoms with E-state index < -0.39 is 10.8 Å². The quantitative estimate of drug-likeness (QED) is 0.726. The van der Waals surface area contributed by atoms with Crippen LogP contribution in [-0.2, 0) is 10.8 Å². The molecule has 1 atom stereocenters. The highest BCUT2D eigenvalue weighted by Gasteiger charge is 2.09. The van der Waals surface area contributed by atoms with Crippen LogP contribution in [0.25, 0.3) is 0 Å². The molecule has 7 nitrogen and oxygen atoms in total. The van der Waals surface area contributed by atoms with Gasteiger partial charge in [0.05, 0.1) is 0 Å². The average Bonchev–Trinajstić information content (AvgIpc) is 2.29. The summed E-state index contributed by atoms with van der Waals surface area (Å²) in [5.74, 6) is 1.72. The topological polar surface area (TPSA) is 97.0 Å². The molecule has 0 radical (unpaired) electrons. The number of nitrogens with one attached hydrogen (secondary N) is 1. The summed E-state index contributed by atoms with van der Waals surface area (Å²) < 4.78 is 11.0. The second-order valence-corrected chi connectivity index (χ2v) is 5.25. The van der Waals surface area contributed by atoms with Gasteiger partial charge in [-0.05, 0) is 13.8 Å². The second-order valence-electron chi connectivity index (χ2n) is 3.69. The van der Waals surface area contributed by atoms with Crippen molar-refractivity contribution in [2.24, 2.45) is 0 Å². The number of nitrogens with zero attached hydrogens (tertiary/aromatic N) is 4. The molecule has 1 rings (SSSR count). The summed E-state index contributed by atoms with van der Waals surface area (Å²) in [6.45, 7) is 6.20. The zero-order valence-corrected chi connectivity index (χ0v) is 11.8. The average molecular weight is 272 g/mol. The second kappa shape index (κ2) is 7.10. The minimum atomic E-state index is -0.837. The van der Waals surface area contributed by atoms with Gasteiger partial charge in [-0.1, -0.05) is 0 Å². The first-order valence-corrected chi connectivity index (χ1v) is 7.59. The molecule has 0 fully saturated rings. The van der Waals surface area contributed by atoms with Crippen LogP contribution in [0.4, 0.5) is 17.8 Å². The molecule has 102 valence electrons. The van der Waals surface area contributed by atoms with Gasteiger partial charge in [0.25, 0.3) is 0 Å². The summed E-state index contributed by atoms with van der Waals surface area (Å²) in [4.78, 5) is 14.4. The first-order valence-electron chi connectivity index (χ1n) is 5.87. The maximum Gasteiger partial charge on any atom is 0.231 e. The van der Waals surface area contributed by atoms with Gasteiger partial charge in [0.1, 0.15) is 0 Å². The molecule has 0 aliphatic rings. The predicted molar refractivity (Wildman–Crippen MR) is 75.2 cm³/mol. The normalized spacial score (nSPS) is 12.2. The van der Waals surface area contributed by atoms with E-state index in [0.29, 0.717) is 24.2 Å². The molecule has 1 heterocycles. The van der Waals surface area contributed by atoms with Crippen molar-refractivity contribution in [2.45, 2.75) is 13.8 Å². The SMILES string of the molecule is CCN(CC)c1nc(N)nc(NCCS(C)=O)n1. The van der Waals surface area contributed by atoms with Crippen molar-refractivity contribution in [2.75, 3.05) is 47.6 Å². The molecular formula is C10H20N6OS. The maximum atomic E-state index is 11.0. The maximum absolute atomic E-state index is 11.0. The van der Waals surface area contributed by atoms with Crippen molar-refractivity contribution in [1.29, 1.82) is 0 Å². The van der Waals surface area contributed by atoms with E-state index in [0.717, 1.165) is 13.1 Å². The highest BCUT2D eigenvalue weighted by atomic mass is 32.2. The Kier molecular flexibility index (Phi) is 5.76. The smallest absolute Gasteiger partial charge is 0.231 e. The van der Waals surface area contributed by atoms with Crippen LogP contribution in [0.15, 0.2) is 0 Å². The van der Waals surface area contributed by atoms with Gasteiger partial charge >= 0.3 is 0 Å². The first-order chi connectivity index (χ1) is 8.56. The predicted octanol–water partition coefficient (Wildman–Crippen LogP) is 0.0904. The number of nitrogens with two attached hydrogens (primary N) is 1. The molecular weight excluding hydrogens is 252 g/mol. The van der Waals surface area contributed by atoms with E-state index in [2.05, 4.69) is 20.3 Å². The van der Waals surface area contributed by atoms with E-state index in [4.69, 9.17) is 5.73 Å². The highest BCUT2D eigenvalue weighted by Crippen LogP contribution is 2.11. The summed E-state index contributed by atoms with van der Waals surface area (Å²) in [5, 5.41) is 3.00. The number of hydrogen-bond donors (Lipinski definition) is 2. The molecule has 1 unspecified atom stereocenters. The third kappa shape index (κ3) is 4.44. The van der Waals surface area contributed by atoms with Gasteiger partial charge in [-0.15, -0.1) is 0 Å². The van der Waals surface area contributed by atoms with Gasteiger partial charge in [-0.3, -0.25) is 4.21 Å². The van der Waals surface area contributed by atoms with Crippen LogP contribution in [0.3, 0.4) is 0 Å². The fourth-order valence-electron chi connectivity index (χ4n) is 1.41. The Hall–Kier alpha value is -1.44. The largest absolute Gasteiger partial charge is 0.368 e. The zero-order valence-electron chi connectivity index (χ0n) is 11.0. The van der Waals surface area contributed by atoms with Crippen LogP contribution in [0.2, 0.25) is 0 Å². The molecule has 1 aromatic heterocycles. The van der Waals surface area contributed by atoms with Crippen molar-refractivity contribution in [1.82, 2.24) is 15.0 Å². The summed E-state index contributed by atoms with van der Waals surface area (Å²) >= 11 is 0. The lowest BCUT2D eigenvalue weighted by molar-refractivity contribution is 0.687. The van der Waals surface area contributed by atoms with Gasteiger partial charge in [0.2, 0.25) is 17.8 Å². The first kappa shape index (κ1) is 14.6. The van der Waals surface area contributed by atoms with Crippen LogP contribution >= 0.6 is 0 Å². The van der Waals surface area contributed by atoms with E-state index in [9.17, 15) is 4.21 Å². The van der Waals surface area contributed by atoms with Crippen molar-refractivity contribution in [3.8, 4) is 0 Å². The fourth-order valence-corrected chi connectivity index (χ4v) is 1.80. The Morgan fingerprint density at radius 3 is 2.50 bits per heavy atom. The number of rotatable bonds is 7. The lowest BCUT2D eigenvalue weighted by Gasteiger charge is -2.18. The fraction of sp³-hybridized carbons (Fsp3) is 0.700. The Bertz CT molecular complexity index is 409. The van der Waals surface area contributed by atoms with Crippen LogP contribution < -0.4 is 16.0 Å². The lowest BCUT2D eigenvalue weighted by Crippen LogP contribution is -2.25. The van der Waals surface area contributed by atoms with Crippen molar-refractivity contribution >= 4 is 28.6 Å². The summed E-state index contributed by atoms with van der Waals surface area (Å²) in [6, 6.07) is 0. The molecule has 1 aromatic rings. The molecule has 0 saturated carbocycles. The van der Waals surface area contributed by atoms with Gasteiger partial charge in [-0.2, -0.15) is 15.0 Å². The lowest BCUT2D eigenvalue weighted by atomic mass is 10.5. The van der Waals surface area contributed by atoms with Gasteiger partial charge in [0, 0.05) is 42.4 Å². The van der Waals surface area contributed by atoms with Crippen LogP contribution in [0.1, 0.15) is 13.8 Å². The number of anilines is 3. The van der Waals surface area contributed by atoms with Gasteiger partial charge in [-0.25, -0.2) is 0 Å². The van der Waals surface area contributed by atoms with Gasteiger partial charge in [0.15, 0.2) is 0 Å². The number of nitrogen functional groups attached to an aromatic ring is 1. The van der Waals surface area contributed by atoms with E-state index >= 15 is 0 Å². The number of aromatic nitrogens is 3. The molecule has 0 aromatic carbocycles. The Morgan fingerprint density at radius 1 is 1.28 bits per heavy atom. The van der Waals surface area contributed by atoms with Crippen molar-refractivity contribution < 1.29 is 4.21 Å². The molecule has 3 N–H and O–H groups in total. The molecule has 0 amide bonds. The van der Waals surface area contributed by atoms with E-state index in [1.165, 1.54) is 0 Å². The standard InChI is InChI=1S/C10H20N6OS/c1-4-16(5-2)10-14-8(11)13-9(15-10)12-6-7-18(3)17/h4-7H2,1-3H3,(H3,11,12,13,14,15). The minimum Gasteiger partial charge on any atom is -0.368 e. The summed E-state index contributed by atoms with van der Waals surface area (Å²) in [5.41, 5.74) is 5.65. The number of hydrogen-bond acceptors (Lipinski definition) is 7. The van der Waals surface area contributed by atoms with E-state index in [1.54, 1.807) is 6.26 Å². The van der Waals surface area contributed by atoms with E-state index in [1.807, 2.05) is 18.7 Å². The molecule has 0 spiro atoms. The molecule has 0 saturated heterocycles. The Morgan fingerprint density at radius 2 is 1.94 bits per heavy atom. The van der Waals surface area contributed by atoms with Crippen LogP contribution in [0.5, 0.6) is 0 Å². The van der Waals surface area contributed by atoms with Crippen molar-refractivity contribution in [3.05, 3.63) is 0 Å². The Labute approximate surface area is 110 Å². The zero-order chi connectivity index (χ0) is 13.5. The monoisotopic (exact) mass is 272 g/mol. The van der Waals surface area contributed by atoms with Crippen molar-refractivity contribution in [3.63, 3.8) is 0 Å². The highest BCUT2D eigenvalue weighted by molar-refractivity contribution is 7.84. The van der Waals surface area contributed by atoms with Gasteiger partial charge < -0.3 is 16.0 Å². The minimum absolute atomic E-state index is 0.187. The summed E-state index contributed by atoms with van der Waals surface area (Å²) in [7, 11) is -0.837. The van der Waals surface area contributed by atoms with Crippen LogP contribution in [-0.4, -0.2) is 50.8 Å². The van der Waals surface area contributed by atoms with E-state index in [-0.39, 0.29) is 5.95 Å². The molecule has 18 heavy (non-hydrogen) atoms. The molecule has 0 bridgehead atoms. The summed E-state index contributed by atoms with van der Waals surface area (Å²) in [6.07, 6.45) is 1.66. The van der Waals surface area contributed by atoms with Crippen LogP contribution in [0, 0.1) is 0 Å². The third-order valence-electron chi connectivity index (χ3n) is 2.36. The third-order valence-corrected chi connectivity index (χ3v) is 3.14.